The quantitative estimate of drug-likeness (QED) is 0.683. The maximum Gasteiger partial charge on any atom is 0.347 e. The van der Waals surface area contributed by atoms with Crippen molar-refractivity contribution in [1.29, 1.82) is 0 Å². The number of rotatable bonds is 5. The van der Waals surface area contributed by atoms with Gasteiger partial charge in [-0.2, -0.15) is 13.8 Å². The van der Waals surface area contributed by atoms with E-state index in [1.807, 2.05) is 0 Å². The normalized spacial score (nSPS) is 11.2. The van der Waals surface area contributed by atoms with E-state index >= 15 is 0 Å². The number of aromatic nitrogens is 4. The smallest absolute Gasteiger partial charge is 0.340 e. The molecule has 0 saturated carbocycles. The zero-order valence-corrected chi connectivity index (χ0v) is 15.9. The van der Waals surface area contributed by atoms with Crippen LogP contribution in [0.4, 0.5) is 26.1 Å². The van der Waals surface area contributed by atoms with Crippen LogP contribution in [-0.4, -0.2) is 25.4 Å². The van der Waals surface area contributed by atoms with Crippen molar-refractivity contribution in [2.24, 2.45) is 7.05 Å². The highest BCUT2D eigenvalue weighted by atomic mass is 19.3. The summed E-state index contributed by atoms with van der Waals surface area (Å²) in [6.07, 6.45) is 2.97. The Labute approximate surface area is 164 Å². The Morgan fingerprint density at radius 1 is 1.17 bits per heavy atom. The molecule has 0 saturated heterocycles. The van der Waals surface area contributed by atoms with E-state index in [1.165, 1.54) is 42.0 Å². The van der Waals surface area contributed by atoms with Crippen LogP contribution < -0.4 is 16.3 Å². The fourth-order valence-electron chi connectivity index (χ4n) is 2.51. The average Bonchev–Trinajstić information content (AvgIpc) is 2.63. The number of hydrogen-bond acceptors (Lipinski definition) is 6. The fourth-order valence-corrected chi connectivity index (χ4v) is 2.51. The second-order valence-electron chi connectivity index (χ2n) is 6.42. The van der Waals surface area contributed by atoms with Gasteiger partial charge in [-0.15, -0.1) is 0 Å². The van der Waals surface area contributed by atoms with Crippen LogP contribution >= 0.6 is 0 Å². The van der Waals surface area contributed by atoms with Gasteiger partial charge in [-0.3, -0.25) is 4.79 Å². The Balaban J connectivity index is 2.08. The molecule has 0 aliphatic rings. The monoisotopic (exact) mass is 400 g/mol. The number of nitrogens with one attached hydrogen (secondary N) is 2. The highest BCUT2D eigenvalue weighted by Gasteiger charge is 2.26. The molecule has 0 atom stereocenters. The molecule has 150 valence electrons. The number of aryl methyl sites for hydroxylation is 1. The van der Waals surface area contributed by atoms with Crippen LogP contribution in [0, 0.1) is 0 Å². The second kappa shape index (κ2) is 7.74. The Bertz CT molecular complexity index is 1120. The van der Waals surface area contributed by atoms with Gasteiger partial charge in [0.1, 0.15) is 17.3 Å². The number of alkyl halides is 2. The molecule has 0 aliphatic carbocycles. The summed E-state index contributed by atoms with van der Waals surface area (Å²) >= 11 is 0. The second-order valence-corrected chi connectivity index (χ2v) is 6.42. The maximum atomic E-state index is 13.6. The van der Waals surface area contributed by atoms with Crippen molar-refractivity contribution < 1.29 is 13.6 Å². The van der Waals surface area contributed by atoms with Gasteiger partial charge in [-0.1, -0.05) is 6.07 Å². The maximum absolute atomic E-state index is 13.6. The molecule has 3 rings (SSSR count). The van der Waals surface area contributed by atoms with Crippen molar-refractivity contribution in [2.45, 2.75) is 19.8 Å². The van der Waals surface area contributed by atoms with E-state index in [0.29, 0.717) is 16.9 Å². The molecule has 3 aromatic heterocycles. The summed E-state index contributed by atoms with van der Waals surface area (Å²) in [7, 11) is 1.57. The number of anilines is 3. The molecule has 29 heavy (non-hydrogen) atoms. The first-order valence-corrected chi connectivity index (χ1v) is 8.57. The molecule has 0 fully saturated rings. The zero-order chi connectivity index (χ0) is 21.2. The first-order chi connectivity index (χ1) is 13.6. The summed E-state index contributed by atoms with van der Waals surface area (Å²) in [6.45, 7) is 2.09. The third kappa shape index (κ3) is 4.78. The van der Waals surface area contributed by atoms with E-state index < -0.39 is 17.3 Å². The van der Waals surface area contributed by atoms with E-state index in [0.717, 1.165) is 6.92 Å². The summed E-state index contributed by atoms with van der Waals surface area (Å²) < 4.78 is 28.5. The van der Waals surface area contributed by atoms with Crippen molar-refractivity contribution in [3.8, 4) is 11.3 Å². The van der Waals surface area contributed by atoms with Crippen LogP contribution in [0.15, 0.2) is 47.5 Å². The number of halogens is 2. The van der Waals surface area contributed by atoms with E-state index in [2.05, 4.69) is 25.6 Å². The molecule has 10 heteroatoms. The van der Waals surface area contributed by atoms with Gasteiger partial charge < -0.3 is 15.2 Å². The highest BCUT2D eigenvalue weighted by Crippen LogP contribution is 2.31. The number of hydrogen-bond donors (Lipinski definition) is 2. The Hall–Kier alpha value is -3.69. The largest absolute Gasteiger partial charge is 0.347 e. The third-order valence-electron chi connectivity index (χ3n) is 3.92. The average molecular weight is 400 g/mol. The van der Waals surface area contributed by atoms with Gasteiger partial charge in [-0.05, 0) is 18.2 Å². The zero-order valence-electron chi connectivity index (χ0n) is 15.9. The SMILES string of the molecule is CC(=O)Nc1cc(Nc2cccc(C(C)(F)F)n2)c(-c2ccn(C)c(=O)n2)cn1. The van der Waals surface area contributed by atoms with Gasteiger partial charge in [-0.25, -0.2) is 14.8 Å². The van der Waals surface area contributed by atoms with Crippen molar-refractivity contribution >= 4 is 23.2 Å². The van der Waals surface area contributed by atoms with Gasteiger partial charge in [0.25, 0.3) is 5.92 Å². The molecule has 0 unspecified atom stereocenters. The van der Waals surface area contributed by atoms with Crippen molar-refractivity contribution in [3.63, 3.8) is 0 Å². The van der Waals surface area contributed by atoms with E-state index in [9.17, 15) is 18.4 Å². The number of carbonyl (C=O) groups excluding carboxylic acids is 1. The first kappa shape index (κ1) is 20.1. The highest BCUT2D eigenvalue weighted by molar-refractivity contribution is 5.89. The van der Waals surface area contributed by atoms with E-state index in [1.54, 1.807) is 19.3 Å². The standard InChI is InChI=1S/C19H18F2N6O2/c1-11(28)23-17-9-14(24-16-6-4-5-15(26-16)19(2,20)21)12(10-22-17)13-7-8-27(3)18(29)25-13/h4-10H,1-3H3,(H2,22,23,24,26,28). The van der Waals surface area contributed by atoms with Crippen LogP contribution in [0.25, 0.3) is 11.3 Å². The topological polar surface area (TPSA) is 102 Å². The van der Waals surface area contributed by atoms with Crippen LogP contribution in [0.3, 0.4) is 0 Å². The number of pyridine rings is 2. The lowest BCUT2D eigenvalue weighted by Gasteiger charge is -2.15. The van der Waals surface area contributed by atoms with Crippen LogP contribution in [0.1, 0.15) is 19.5 Å². The minimum absolute atomic E-state index is 0.161. The molecule has 0 aliphatic heterocycles. The minimum atomic E-state index is -3.10. The lowest BCUT2D eigenvalue weighted by molar-refractivity contribution is -0.114. The number of amides is 1. The van der Waals surface area contributed by atoms with Gasteiger partial charge >= 0.3 is 5.69 Å². The van der Waals surface area contributed by atoms with Crippen molar-refractivity contribution in [1.82, 2.24) is 19.5 Å². The molecule has 2 N–H and O–H groups in total. The first-order valence-electron chi connectivity index (χ1n) is 8.57. The minimum Gasteiger partial charge on any atom is -0.340 e. The number of nitrogens with zero attached hydrogens (tertiary/aromatic N) is 4. The molecular formula is C19H18F2N6O2. The van der Waals surface area contributed by atoms with Gasteiger partial charge in [0.15, 0.2) is 0 Å². The fraction of sp³-hybridized carbons (Fsp3) is 0.211. The van der Waals surface area contributed by atoms with Crippen LogP contribution in [-0.2, 0) is 17.8 Å². The predicted molar refractivity (Wildman–Crippen MR) is 104 cm³/mol. The van der Waals surface area contributed by atoms with Crippen molar-refractivity contribution in [2.75, 3.05) is 10.6 Å². The number of carbonyl (C=O) groups is 1. The van der Waals surface area contributed by atoms with Crippen LogP contribution in [0.2, 0.25) is 0 Å². The summed E-state index contributed by atoms with van der Waals surface area (Å²) in [6, 6.07) is 7.33. The van der Waals surface area contributed by atoms with Crippen LogP contribution in [0.5, 0.6) is 0 Å². The summed E-state index contributed by atoms with van der Waals surface area (Å²) in [5, 5.41) is 5.50. The molecule has 0 radical (unpaired) electrons. The third-order valence-corrected chi connectivity index (χ3v) is 3.92. The van der Waals surface area contributed by atoms with Gasteiger partial charge in [0.05, 0.1) is 11.4 Å². The summed E-state index contributed by atoms with van der Waals surface area (Å²) in [4.78, 5) is 35.3. The predicted octanol–water partition coefficient (Wildman–Crippen LogP) is 3.05. The van der Waals surface area contributed by atoms with Gasteiger partial charge in [0.2, 0.25) is 5.91 Å². The molecule has 3 aromatic rings. The lowest BCUT2D eigenvalue weighted by Crippen LogP contribution is -2.19. The molecule has 1 amide bonds. The van der Waals surface area contributed by atoms with E-state index in [4.69, 9.17) is 0 Å². The molecular weight excluding hydrogens is 382 g/mol. The summed E-state index contributed by atoms with van der Waals surface area (Å²) in [5.41, 5.74) is 0.285. The molecule has 0 bridgehead atoms. The van der Waals surface area contributed by atoms with Crippen molar-refractivity contribution in [3.05, 3.63) is 58.9 Å². The Morgan fingerprint density at radius 2 is 1.93 bits per heavy atom. The Kier molecular flexibility index (Phi) is 5.35. The molecule has 3 heterocycles. The molecule has 8 nitrogen and oxygen atoms in total. The van der Waals surface area contributed by atoms with Gasteiger partial charge in [0, 0.05) is 44.9 Å². The summed E-state index contributed by atoms with van der Waals surface area (Å²) in [5.74, 6) is -3.03. The molecule has 0 aromatic carbocycles. The van der Waals surface area contributed by atoms with E-state index in [-0.39, 0.29) is 17.5 Å². The Morgan fingerprint density at radius 3 is 2.59 bits per heavy atom. The lowest BCUT2D eigenvalue weighted by atomic mass is 10.1. The molecule has 0 spiro atoms.